The molecule has 4 heteroatoms. The van der Waals surface area contributed by atoms with Crippen LogP contribution in [0.25, 0.3) is 0 Å². The van der Waals surface area contributed by atoms with Crippen molar-refractivity contribution in [2.45, 2.75) is 25.8 Å². The molecule has 0 spiro atoms. The van der Waals surface area contributed by atoms with Gasteiger partial charge in [-0.25, -0.2) is 0 Å². The van der Waals surface area contributed by atoms with Crippen molar-refractivity contribution in [3.8, 4) is 0 Å². The molecular formula is C13H18ClNO2. The predicted octanol–water partition coefficient (Wildman–Crippen LogP) is 3.20. The maximum absolute atomic E-state index is 10.6. The molecule has 0 radical (unpaired) electrons. The summed E-state index contributed by atoms with van der Waals surface area (Å²) in [5.74, 6) is -0.761. The summed E-state index contributed by atoms with van der Waals surface area (Å²) in [4.78, 5) is 12.6. The number of carboxylic acids is 1. The second-order valence-corrected chi connectivity index (χ2v) is 4.54. The van der Waals surface area contributed by atoms with E-state index >= 15 is 0 Å². The van der Waals surface area contributed by atoms with E-state index in [1.165, 1.54) is 5.56 Å². The highest BCUT2D eigenvalue weighted by atomic mass is 35.5. The molecule has 0 aliphatic heterocycles. The fraction of sp³-hybridized carbons (Fsp3) is 0.462. The molecule has 0 saturated carbocycles. The third-order valence-corrected chi connectivity index (χ3v) is 3.10. The molecular weight excluding hydrogens is 238 g/mol. The Morgan fingerprint density at radius 3 is 2.47 bits per heavy atom. The van der Waals surface area contributed by atoms with Gasteiger partial charge in [0.2, 0.25) is 0 Å². The molecule has 17 heavy (non-hydrogen) atoms. The lowest BCUT2D eigenvalue weighted by Crippen LogP contribution is -2.26. The average molecular weight is 256 g/mol. The minimum Gasteiger partial charge on any atom is -0.481 e. The van der Waals surface area contributed by atoms with Crippen molar-refractivity contribution in [3.05, 3.63) is 34.9 Å². The van der Waals surface area contributed by atoms with Gasteiger partial charge < -0.3 is 5.11 Å². The van der Waals surface area contributed by atoms with E-state index in [0.717, 1.165) is 11.4 Å². The maximum Gasteiger partial charge on any atom is 0.304 e. The molecule has 3 nitrogen and oxygen atoms in total. The van der Waals surface area contributed by atoms with Gasteiger partial charge in [-0.2, -0.15) is 0 Å². The normalized spacial score (nSPS) is 12.7. The largest absolute Gasteiger partial charge is 0.481 e. The van der Waals surface area contributed by atoms with Crippen molar-refractivity contribution in [3.63, 3.8) is 0 Å². The van der Waals surface area contributed by atoms with Crippen molar-refractivity contribution in [1.29, 1.82) is 0 Å². The van der Waals surface area contributed by atoms with E-state index in [9.17, 15) is 4.79 Å². The molecule has 1 aromatic carbocycles. The number of carboxylic acid groups (broad SMARTS) is 1. The highest BCUT2D eigenvalue weighted by molar-refractivity contribution is 6.30. The number of halogens is 1. The van der Waals surface area contributed by atoms with Crippen molar-refractivity contribution in [2.24, 2.45) is 0 Å². The predicted molar refractivity (Wildman–Crippen MR) is 69.4 cm³/mol. The summed E-state index contributed by atoms with van der Waals surface area (Å²) in [6, 6.07) is 7.96. The molecule has 94 valence electrons. The fourth-order valence-corrected chi connectivity index (χ4v) is 2.04. The van der Waals surface area contributed by atoms with Crippen molar-refractivity contribution >= 4 is 17.6 Å². The van der Waals surface area contributed by atoms with Gasteiger partial charge in [-0.15, -0.1) is 0 Å². The van der Waals surface area contributed by atoms with Crippen LogP contribution in [-0.4, -0.2) is 29.6 Å². The Labute approximate surface area is 107 Å². The van der Waals surface area contributed by atoms with E-state index in [0.29, 0.717) is 6.54 Å². The zero-order chi connectivity index (χ0) is 12.8. The zero-order valence-electron chi connectivity index (χ0n) is 10.2. The molecule has 1 aromatic rings. The number of rotatable bonds is 6. The molecule has 1 atom stereocenters. The van der Waals surface area contributed by atoms with E-state index in [1.807, 2.05) is 31.3 Å². The first-order valence-electron chi connectivity index (χ1n) is 5.72. The van der Waals surface area contributed by atoms with Crippen LogP contribution in [0.15, 0.2) is 24.3 Å². The summed E-state index contributed by atoms with van der Waals surface area (Å²) in [7, 11) is 1.95. The minimum absolute atomic E-state index is 0.167. The van der Waals surface area contributed by atoms with E-state index in [4.69, 9.17) is 16.7 Å². The monoisotopic (exact) mass is 255 g/mol. The second kappa shape index (κ2) is 6.62. The number of benzene rings is 1. The lowest BCUT2D eigenvalue weighted by Gasteiger charge is -2.27. The number of nitrogens with zero attached hydrogens (tertiary/aromatic N) is 1. The van der Waals surface area contributed by atoms with Gasteiger partial charge in [0.05, 0.1) is 6.42 Å². The first kappa shape index (κ1) is 14.0. The van der Waals surface area contributed by atoms with E-state index in [1.54, 1.807) is 0 Å². The van der Waals surface area contributed by atoms with Crippen LogP contribution in [0.3, 0.4) is 0 Å². The SMILES string of the molecule is CCC(c1ccc(Cl)cc1)N(C)CCC(=O)O. The third-order valence-electron chi connectivity index (χ3n) is 2.85. The Bertz CT molecular complexity index is 364. The summed E-state index contributed by atoms with van der Waals surface area (Å²) in [5, 5.41) is 9.40. The number of aliphatic carboxylic acids is 1. The molecule has 1 unspecified atom stereocenters. The van der Waals surface area contributed by atoms with Crippen LogP contribution < -0.4 is 0 Å². The molecule has 0 aliphatic rings. The Morgan fingerprint density at radius 1 is 1.41 bits per heavy atom. The van der Waals surface area contributed by atoms with Crippen LogP contribution in [0, 0.1) is 0 Å². The van der Waals surface area contributed by atoms with Gasteiger partial charge in [-0.1, -0.05) is 30.7 Å². The first-order valence-corrected chi connectivity index (χ1v) is 6.10. The van der Waals surface area contributed by atoms with Crippen LogP contribution in [0.5, 0.6) is 0 Å². The van der Waals surface area contributed by atoms with Crippen LogP contribution in [0.2, 0.25) is 5.02 Å². The van der Waals surface area contributed by atoms with Gasteiger partial charge >= 0.3 is 5.97 Å². The number of hydrogen-bond acceptors (Lipinski definition) is 2. The van der Waals surface area contributed by atoms with Gasteiger partial charge in [0.15, 0.2) is 0 Å². The van der Waals surface area contributed by atoms with Gasteiger partial charge in [0.25, 0.3) is 0 Å². The quantitative estimate of drug-likeness (QED) is 0.849. The minimum atomic E-state index is -0.761. The summed E-state index contributed by atoms with van der Waals surface area (Å²) in [6.45, 7) is 2.65. The standard InChI is InChI=1S/C13H18ClNO2/c1-3-12(15(2)9-8-13(16)17)10-4-6-11(14)7-5-10/h4-7,12H,3,8-9H2,1-2H3,(H,16,17). The molecule has 0 fully saturated rings. The van der Waals surface area contributed by atoms with Crippen LogP contribution in [-0.2, 0) is 4.79 Å². The van der Waals surface area contributed by atoms with Gasteiger partial charge in [0.1, 0.15) is 0 Å². The Balaban J connectivity index is 2.69. The highest BCUT2D eigenvalue weighted by Gasteiger charge is 2.15. The van der Waals surface area contributed by atoms with Crippen LogP contribution in [0.1, 0.15) is 31.4 Å². The molecule has 0 heterocycles. The Kier molecular flexibility index (Phi) is 5.45. The smallest absolute Gasteiger partial charge is 0.304 e. The highest BCUT2D eigenvalue weighted by Crippen LogP contribution is 2.24. The molecule has 1 rings (SSSR count). The second-order valence-electron chi connectivity index (χ2n) is 4.10. The molecule has 0 amide bonds. The molecule has 0 aliphatic carbocycles. The summed E-state index contributed by atoms with van der Waals surface area (Å²) in [5.41, 5.74) is 1.17. The Hall–Kier alpha value is -1.06. The van der Waals surface area contributed by atoms with Crippen molar-refractivity contribution in [2.75, 3.05) is 13.6 Å². The molecule has 1 N–H and O–H groups in total. The van der Waals surface area contributed by atoms with E-state index in [2.05, 4.69) is 11.8 Å². The number of hydrogen-bond donors (Lipinski definition) is 1. The molecule has 0 bridgehead atoms. The first-order chi connectivity index (χ1) is 8.04. The fourth-order valence-electron chi connectivity index (χ4n) is 1.91. The molecule has 0 saturated heterocycles. The van der Waals surface area contributed by atoms with Crippen molar-refractivity contribution < 1.29 is 9.90 Å². The lowest BCUT2D eigenvalue weighted by atomic mass is 10.0. The topological polar surface area (TPSA) is 40.5 Å². The van der Waals surface area contributed by atoms with Gasteiger partial charge in [-0.3, -0.25) is 9.69 Å². The summed E-state index contributed by atoms with van der Waals surface area (Å²) < 4.78 is 0. The van der Waals surface area contributed by atoms with Gasteiger partial charge in [-0.05, 0) is 31.2 Å². The van der Waals surface area contributed by atoms with Crippen LogP contribution >= 0.6 is 11.6 Å². The summed E-state index contributed by atoms with van der Waals surface area (Å²) in [6.07, 6.45) is 1.11. The molecule has 0 aromatic heterocycles. The van der Waals surface area contributed by atoms with Gasteiger partial charge in [0, 0.05) is 17.6 Å². The Morgan fingerprint density at radius 2 is 2.00 bits per heavy atom. The van der Waals surface area contributed by atoms with E-state index in [-0.39, 0.29) is 12.5 Å². The zero-order valence-corrected chi connectivity index (χ0v) is 10.9. The van der Waals surface area contributed by atoms with Crippen molar-refractivity contribution in [1.82, 2.24) is 4.90 Å². The summed E-state index contributed by atoms with van der Waals surface area (Å²) >= 11 is 5.85. The van der Waals surface area contributed by atoms with E-state index < -0.39 is 5.97 Å². The maximum atomic E-state index is 10.6. The average Bonchev–Trinajstić information content (AvgIpc) is 2.30. The van der Waals surface area contributed by atoms with Crippen LogP contribution in [0.4, 0.5) is 0 Å². The number of carbonyl (C=O) groups is 1. The lowest BCUT2D eigenvalue weighted by molar-refractivity contribution is -0.137. The third kappa shape index (κ3) is 4.36.